The minimum absolute atomic E-state index is 0.0234. The first kappa shape index (κ1) is 22.5. The molecule has 1 atom stereocenters. The van der Waals surface area contributed by atoms with Crippen molar-refractivity contribution in [1.29, 1.82) is 0 Å². The van der Waals surface area contributed by atoms with Crippen LogP contribution in [0.2, 0.25) is 0 Å². The molecule has 31 heavy (non-hydrogen) atoms. The molecule has 1 N–H and O–H groups in total. The maximum absolute atomic E-state index is 12.6. The van der Waals surface area contributed by atoms with E-state index < -0.39 is 0 Å². The van der Waals surface area contributed by atoms with Crippen molar-refractivity contribution >= 4 is 29.9 Å². The fraction of sp³-hybridized carbons (Fsp3) is 0.250. The van der Waals surface area contributed by atoms with Gasteiger partial charge in [-0.15, -0.1) is 0 Å². The van der Waals surface area contributed by atoms with E-state index in [4.69, 9.17) is 4.42 Å². The lowest BCUT2D eigenvalue weighted by atomic mass is 10.0. The smallest absolute Gasteiger partial charge is 0.239 e. The molecule has 1 heterocycles. The highest BCUT2D eigenvalue weighted by Gasteiger charge is 2.18. The highest BCUT2D eigenvalue weighted by Crippen LogP contribution is 2.23. The van der Waals surface area contributed by atoms with Gasteiger partial charge in [-0.25, -0.2) is 4.98 Å². The van der Waals surface area contributed by atoms with Crippen molar-refractivity contribution in [3.8, 4) is 11.5 Å². The molecule has 7 heteroatoms. The first-order valence-corrected chi connectivity index (χ1v) is 11.2. The normalized spacial score (nSPS) is 11.7. The van der Waals surface area contributed by atoms with E-state index in [-0.39, 0.29) is 16.9 Å². The van der Waals surface area contributed by atoms with Gasteiger partial charge in [-0.2, -0.15) is 11.8 Å². The number of nitrogens with zero attached hydrogens (tertiary/aromatic N) is 1. The van der Waals surface area contributed by atoms with Gasteiger partial charge in [-0.3, -0.25) is 19.7 Å². The van der Waals surface area contributed by atoms with Crippen molar-refractivity contribution in [2.24, 2.45) is 0 Å². The zero-order valence-corrected chi connectivity index (χ0v) is 18.3. The number of aryl methyl sites for hydroxylation is 2. The van der Waals surface area contributed by atoms with E-state index in [2.05, 4.69) is 10.3 Å². The molecule has 1 aromatic heterocycles. The van der Waals surface area contributed by atoms with E-state index in [1.807, 2.05) is 55.6 Å². The summed E-state index contributed by atoms with van der Waals surface area (Å²) >= 11 is 1.38. The third-order valence-electron chi connectivity index (χ3n) is 4.98. The molecule has 6 nitrogen and oxygen atoms in total. The topological polar surface area (TPSA) is 89.3 Å². The second-order valence-corrected chi connectivity index (χ2v) is 8.10. The number of thioether (sulfide) groups is 1. The van der Waals surface area contributed by atoms with E-state index in [9.17, 15) is 14.4 Å². The minimum atomic E-state index is -0.360. The molecule has 0 aliphatic carbocycles. The zero-order valence-electron chi connectivity index (χ0n) is 17.5. The maximum atomic E-state index is 12.6. The number of hydrogen-bond acceptors (Lipinski definition) is 6. The number of rotatable bonds is 10. The molecule has 3 aromatic rings. The Balaban J connectivity index is 1.59. The standard InChI is InChI=1S/C24H24N2O4S/c1-16-20(26-24(30-16)19-6-4-3-5-7-19)12-13-21(28)18-10-8-17(9-11-18)14-22(31-2)23(29)25-15-27/h3-11,15,22H,12-14H2,1-2H3,(H,25,27,29). The van der Waals surface area contributed by atoms with E-state index >= 15 is 0 Å². The van der Waals surface area contributed by atoms with Crippen molar-refractivity contribution in [3.05, 3.63) is 77.2 Å². The van der Waals surface area contributed by atoms with Crippen LogP contribution in [0.25, 0.3) is 11.5 Å². The molecule has 0 saturated carbocycles. The van der Waals surface area contributed by atoms with Crippen molar-refractivity contribution in [3.63, 3.8) is 0 Å². The summed E-state index contributed by atoms with van der Waals surface area (Å²) in [5.74, 6) is 0.987. The molecule has 3 rings (SSSR count). The van der Waals surface area contributed by atoms with Crippen LogP contribution in [0.5, 0.6) is 0 Å². The van der Waals surface area contributed by atoms with Gasteiger partial charge in [0.1, 0.15) is 5.76 Å². The van der Waals surface area contributed by atoms with Crippen LogP contribution in [-0.4, -0.2) is 34.6 Å². The van der Waals surface area contributed by atoms with Crippen LogP contribution in [-0.2, 0) is 22.4 Å². The van der Waals surface area contributed by atoms with Crippen molar-refractivity contribution in [2.75, 3.05) is 6.26 Å². The second-order valence-electron chi connectivity index (χ2n) is 7.06. The number of nitrogens with one attached hydrogen (secondary N) is 1. The predicted octanol–water partition coefficient (Wildman–Crippen LogP) is 4.01. The van der Waals surface area contributed by atoms with Gasteiger partial charge in [0, 0.05) is 24.0 Å². The molecule has 0 saturated heterocycles. The molecule has 0 aliphatic rings. The number of amides is 2. The number of benzene rings is 2. The Labute approximate surface area is 185 Å². The van der Waals surface area contributed by atoms with E-state index in [1.54, 1.807) is 12.1 Å². The first-order valence-electron chi connectivity index (χ1n) is 9.92. The fourth-order valence-electron chi connectivity index (χ4n) is 3.22. The van der Waals surface area contributed by atoms with Crippen molar-refractivity contribution in [2.45, 2.75) is 31.4 Å². The number of hydrogen-bond donors (Lipinski definition) is 1. The average Bonchev–Trinajstić information content (AvgIpc) is 3.17. The first-order chi connectivity index (χ1) is 15.0. The Morgan fingerprint density at radius 2 is 1.84 bits per heavy atom. The average molecular weight is 437 g/mol. The number of carbonyl (C=O) groups excluding carboxylic acids is 3. The van der Waals surface area contributed by atoms with E-state index in [0.29, 0.717) is 37.1 Å². The SMILES string of the molecule is CSC(Cc1ccc(C(=O)CCc2nc(-c3ccccc3)oc2C)cc1)C(=O)NC=O. The number of imide groups is 1. The lowest BCUT2D eigenvalue weighted by Crippen LogP contribution is -2.32. The Kier molecular flexibility index (Phi) is 7.78. The molecule has 0 radical (unpaired) electrons. The maximum Gasteiger partial charge on any atom is 0.239 e. The quantitative estimate of drug-likeness (QED) is 0.382. The Bertz CT molecular complexity index is 1050. The zero-order chi connectivity index (χ0) is 22.2. The highest BCUT2D eigenvalue weighted by atomic mass is 32.2. The predicted molar refractivity (Wildman–Crippen MR) is 121 cm³/mol. The number of ketones is 1. The number of aromatic nitrogens is 1. The minimum Gasteiger partial charge on any atom is -0.441 e. The molecule has 2 aromatic carbocycles. The molecule has 0 bridgehead atoms. The second kappa shape index (κ2) is 10.7. The molecular formula is C24H24N2O4S. The van der Waals surface area contributed by atoms with Gasteiger partial charge < -0.3 is 4.42 Å². The number of carbonyl (C=O) groups is 3. The van der Waals surface area contributed by atoms with Crippen LogP contribution in [0.3, 0.4) is 0 Å². The number of Topliss-reactive ketones (excluding diaryl/α,β-unsaturated/α-hetero) is 1. The number of oxazole rings is 1. The Hall–Kier alpha value is -3.19. The van der Waals surface area contributed by atoms with E-state index in [1.165, 1.54) is 11.8 Å². The molecule has 0 spiro atoms. The van der Waals surface area contributed by atoms with Crippen molar-refractivity contribution in [1.82, 2.24) is 10.3 Å². The van der Waals surface area contributed by atoms with Crippen LogP contribution >= 0.6 is 11.8 Å². The largest absolute Gasteiger partial charge is 0.441 e. The van der Waals surface area contributed by atoms with Crippen LogP contribution in [0.15, 0.2) is 59.0 Å². The monoisotopic (exact) mass is 436 g/mol. The van der Waals surface area contributed by atoms with Gasteiger partial charge in [-0.05, 0) is 37.3 Å². The van der Waals surface area contributed by atoms with Gasteiger partial charge in [0.25, 0.3) is 0 Å². The van der Waals surface area contributed by atoms with Crippen LogP contribution < -0.4 is 5.32 Å². The summed E-state index contributed by atoms with van der Waals surface area (Å²) in [6.07, 6.45) is 3.53. The van der Waals surface area contributed by atoms with Crippen LogP contribution in [0.4, 0.5) is 0 Å². The molecule has 2 amide bonds. The fourth-order valence-corrected chi connectivity index (χ4v) is 3.86. The summed E-state index contributed by atoms with van der Waals surface area (Å²) in [5.41, 5.74) is 3.24. The molecule has 0 fully saturated rings. The van der Waals surface area contributed by atoms with Gasteiger partial charge in [0.15, 0.2) is 5.78 Å². The van der Waals surface area contributed by atoms with Gasteiger partial charge in [0.05, 0.1) is 10.9 Å². The summed E-state index contributed by atoms with van der Waals surface area (Å²) in [7, 11) is 0. The Morgan fingerprint density at radius 3 is 2.48 bits per heavy atom. The summed E-state index contributed by atoms with van der Waals surface area (Å²) in [6.45, 7) is 1.86. The van der Waals surface area contributed by atoms with Gasteiger partial charge >= 0.3 is 0 Å². The van der Waals surface area contributed by atoms with Crippen LogP contribution in [0.1, 0.15) is 33.8 Å². The van der Waals surface area contributed by atoms with Crippen LogP contribution in [0, 0.1) is 6.92 Å². The van der Waals surface area contributed by atoms with Gasteiger partial charge in [0.2, 0.25) is 18.2 Å². The Morgan fingerprint density at radius 1 is 1.13 bits per heavy atom. The van der Waals surface area contributed by atoms with Gasteiger partial charge in [-0.1, -0.05) is 42.5 Å². The molecule has 1 unspecified atom stereocenters. The lowest BCUT2D eigenvalue weighted by Gasteiger charge is -2.12. The summed E-state index contributed by atoms with van der Waals surface area (Å²) in [5, 5.41) is 1.83. The lowest BCUT2D eigenvalue weighted by molar-refractivity contribution is -0.124. The molecule has 160 valence electrons. The molecule has 0 aliphatic heterocycles. The third-order valence-corrected chi connectivity index (χ3v) is 5.93. The summed E-state index contributed by atoms with van der Waals surface area (Å²) < 4.78 is 5.76. The summed E-state index contributed by atoms with van der Waals surface area (Å²) in [6, 6.07) is 16.9. The third kappa shape index (κ3) is 5.92. The summed E-state index contributed by atoms with van der Waals surface area (Å²) in [4.78, 5) is 39.5. The van der Waals surface area contributed by atoms with Crippen molar-refractivity contribution < 1.29 is 18.8 Å². The molecular weight excluding hydrogens is 412 g/mol. The highest BCUT2D eigenvalue weighted by molar-refractivity contribution is 7.99. The van der Waals surface area contributed by atoms with E-state index in [0.717, 1.165) is 22.6 Å².